The van der Waals surface area contributed by atoms with Gasteiger partial charge in [-0.25, -0.2) is 0 Å². The number of rotatable bonds is 3. The minimum atomic E-state index is 0.593. The van der Waals surface area contributed by atoms with Crippen molar-refractivity contribution in [1.82, 2.24) is 5.32 Å². The molecule has 1 aliphatic heterocycles. The minimum absolute atomic E-state index is 0.593. The number of ether oxygens (including phenoxy) is 2. The molecule has 1 aliphatic rings. The third-order valence-electron chi connectivity index (χ3n) is 2.28. The quantitative estimate of drug-likeness (QED) is 0.859. The van der Waals surface area contributed by atoms with Crippen molar-refractivity contribution in [1.29, 1.82) is 0 Å². The molecule has 0 unspecified atom stereocenters. The number of benzene rings is 1. The van der Waals surface area contributed by atoms with Crippen molar-refractivity contribution in [3.63, 3.8) is 0 Å². The van der Waals surface area contributed by atoms with Gasteiger partial charge in [0.25, 0.3) is 0 Å². The van der Waals surface area contributed by atoms with Crippen LogP contribution in [0.1, 0.15) is 12.5 Å². The lowest BCUT2D eigenvalue weighted by Crippen LogP contribution is -2.17. The number of hydrogen-bond acceptors (Lipinski definition) is 3. The summed E-state index contributed by atoms with van der Waals surface area (Å²) in [7, 11) is 0. The Labute approximate surface area is 94.3 Å². The van der Waals surface area contributed by atoms with Crippen LogP contribution in [0.4, 0.5) is 0 Å². The van der Waals surface area contributed by atoms with Gasteiger partial charge in [0.2, 0.25) is 0 Å². The van der Waals surface area contributed by atoms with Crippen LogP contribution in [-0.4, -0.2) is 19.8 Å². The Balaban J connectivity index is 2.24. The Bertz CT molecular complexity index is 355. The number of fused-ring (bicyclic) bond motifs is 1. The summed E-state index contributed by atoms with van der Waals surface area (Å²) < 4.78 is 10.9. The Morgan fingerprint density at radius 3 is 2.60 bits per heavy atom. The molecule has 1 aromatic rings. The molecule has 0 fully saturated rings. The fourth-order valence-electron chi connectivity index (χ4n) is 1.50. The van der Waals surface area contributed by atoms with Gasteiger partial charge in [0, 0.05) is 17.6 Å². The molecule has 2 rings (SSSR count). The molecule has 0 saturated heterocycles. The summed E-state index contributed by atoms with van der Waals surface area (Å²) in [4.78, 5) is 0. The van der Waals surface area contributed by atoms with Crippen molar-refractivity contribution in [2.24, 2.45) is 0 Å². The predicted octanol–water partition coefficient (Wildman–Crippen LogP) is 2.22. The van der Waals surface area contributed by atoms with Crippen molar-refractivity contribution in [2.45, 2.75) is 13.5 Å². The fraction of sp³-hybridized carbons (Fsp3) is 0.455. The van der Waals surface area contributed by atoms with Crippen LogP contribution < -0.4 is 14.8 Å². The van der Waals surface area contributed by atoms with Gasteiger partial charge in [-0.2, -0.15) is 0 Å². The van der Waals surface area contributed by atoms with Crippen LogP contribution in [-0.2, 0) is 6.54 Å². The highest BCUT2D eigenvalue weighted by atomic mass is 35.5. The molecule has 1 heterocycles. The van der Waals surface area contributed by atoms with E-state index in [1.54, 1.807) is 0 Å². The molecule has 0 radical (unpaired) electrons. The summed E-state index contributed by atoms with van der Waals surface area (Å²) in [6.07, 6.45) is 0. The third kappa shape index (κ3) is 2.36. The highest BCUT2D eigenvalue weighted by Crippen LogP contribution is 2.35. The zero-order valence-electron chi connectivity index (χ0n) is 8.68. The first kappa shape index (κ1) is 10.6. The van der Waals surface area contributed by atoms with E-state index in [9.17, 15) is 0 Å². The molecule has 0 atom stereocenters. The van der Waals surface area contributed by atoms with Crippen molar-refractivity contribution in [3.8, 4) is 11.5 Å². The van der Waals surface area contributed by atoms with E-state index >= 15 is 0 Å². The molecule has 0 amide bonds. The van der Waals surface area contributed by atoms with E-state index in [0.717, 1.165) is 35.2 Å². The molecular weight excluding hydrogens is 214 g/mol. The van der Waals surface area contributed by atoms with Gasteiger partial charge in [0.15, 0.2) is 11.5 Å². The highest BCUT2D eigenvalue weighted by Gasteiger charge is 2.14. The number of nitrogens with one attached hydrogen (secondary N) is 1. The average molecular weight is 228 g/mol. The molecule has 4 heteroatoms. The van der Waals surface area contributed by atoms with E-state index in [1.807, 2.05) is 12.1 Å². The van der Waals surface area contributed by atoms with Crippen LogP contribution in [0.15, 0.2) is 12.1 Å². The molecule has 0 aromatic heterocycles. The van der Waals surface area contributed by atoms with Crippen LogP contribution in [0.3, 0.4) is 0 Å². The summed E-state index contributed by atoms with van der Waals surface area (Å²) in [5.41, 5.74) is 1.04. The minimum Gasteiger partial charge on any atom is -0.486 e. The van der Waals surface area contributed by atoms with Gasteiger partial charge >= 0.3 is 0 Å². The lowest BCUT2D eigenvalue weighted by atomic mass is 10.2. The van der Waals surface area contributed by atoms with Crippen molar-refractivity contribution >= 4 is 11.6 Å². The second-order valence-corrected chi connectivity index (χ2v) is 3.77. The molecule has 82 valence electrons. The smallest absolute Gasteiger partial charge is 0.162 e. The molecule has 3 nitrogen and oxygen atoms in total. The molecule has 0 spiro atoms. The first-order chi connectivity index (χ1) is 7.31. The molecule has 15 heavy (non-hydrogen) atoms. The Morgan fingerprint density at radius 1 is 1.27 bits per heavy atom. The number of hydrogen-bond donors (Lipinski definition) is 1. The zero-order chi connectivity index (χ0) is 10.7. The van der Waals surface area contributed by atoms with Crippen LogP contribution in [0.5, 0.6) is 11.5 Å². The van der Waals surface area contributed by atoms with Crippen LogP contribution >= 0.6 is 11.6 Å². The maximum absolute atomic E-state index is 6.12. The average Bonchev–Trinajstić information content (AvgIpc) is 2.26. The molecule has 0 saturated carbocycles. The third-order valence-corrected chi connectivity index (χ3v) is 2.63. The predicted molar refractivity (Wildman–Crippen MR) is 59.8 cm³/mol. The van der Waals surface area contributed by atoms with Gasteiger partial charge in [-0.15, -0.1) is 0 Å². The van der Waals surface area contributed by atoms with E-state index in [1.165, 1.54) is 0 Å². The largest absolute Gasteiger partial charge is 0.486 e. The fourth-order valence-corrected chi connectivity index (χ4v) is 1.72. The molecule has 0 bridgehead atoms. The summed E-state index contributed by atoms with van der Waals surface area (Å²) in [6.45, 7) is 4.94. The van der Waals surface area contributed by atoms with Gasteiger partial charge in [-0.1, -0.05) is 18.5 Å². The van der Waals surface area contributed by atoms with E-state index in [2.05, 4.69) is 12.2 Å². The van der Waals surface area contributed by atoms with Crippen LogP contribution in [0.25, 0.3) is 0 Å². The normalized spacial score (nSPS) is 14.0. The standard InChI is InChI=1S/C11H14ClNO2/c1-2-13-7-8-5-10-11(6-9(8)12)15-4-3-14-10/h5-6,13H,2-4,7H2,1H3. The highest BCUT2D eigenvalue weighted by molar-refractivity contribution is 6.31. The second-order valence-electron chi connectivity index (χ2n) is 3.37. The van der Waals surface area contributed by atoms with Crippen molar-refractivity contribution in [2.75, 3.05) is 19.8 Å². The SMILES string of the molecule is CCNCc1cc2c(cc1Cl)OCCO2. The number of halogens is 1. The lowest BCUT2D eigenvalue weighted by molar-refractivity contribution is 0.171. The van der Waals surface area contributed by atoms with E-state index < -0.39 is 0 Å². The molecule has 1 aromatic carbocycles. The second kappa shape index (κ2) is 4.73. The first-order valence-corrected chi connectivity index (χ1v) is 5.48. The topological polar surface area (TPSA) is 30.5 Å². The van der Waals surface area contributed by atoms with Crippen molar-refractivity contribution < 1.29 is 9.47 Å². The van der Waals surface area contributed by atoms with Gasteiger partial charge in [0.05, 0.1) is 0 Å². The Morgan fingerprint density at radius 2 is 1.93 bits per heavy atom. The van der Waals surface area contributed by atoms with Gasteiger partial charge in [-0.3, -0.25) is 0 Å². The maximum Gasteiger partial charge on any atom is 0.162 e. The van der Waals surface area contributed by atoms with Gasteiger partial charge in [-0.05, 0) is 18.2 Å². The molecular formula is C11H14ClNO2. The monoisotopic (exact) mass is 227 g/mol. The Kier molecular flexibility index (Phi) is 3.34. The zero-order valence-corrected chi connectivity index (χ0v) is 9.43. The maximum atomic E-state index is 6.12. The Hall–Kier alpha value is -0.930. The summed E-state index contributed by atoms with van der Waals surface area (Å²) in [5, 5.41) is 3.95. The first-order valence-electron chi connectivity index (χ1n) is 5.10. The van der Waals surface area contributed by atoms with Gasteiger partial charge < -0.3 is 14.8 Å². The lowest BCUT2D eigenvalue weighted by Gasteiger charge is -2.19. The van der Waals surface area contributed by atoms with E-state index in [4.69, 9.17) is 21.1 Å². The summed E-state index contributed by atoms with van der Waals surface area (Å²) in [5.74, 6) is 1.53. The van der Waals surface area contributed by atoms with Gasteiger partial charge in [0.1, 0.15) is 13.2 Å². The van der Waals surface area contributed by atoms with E-state index in [-0.39, 0.29) is 0 Å². The van der Waals surface area contributed by atoms with Crippen LogP contribution in [0.2, 0.25) is 5.02 Å². The molecule has 1 N–H and O–H groups in total. The van der Waals surface area contributed by atoms with Crippen molar-refractivity contribution in [3.05, 3.63) is 22.7 Å². The summed E-state index contributed by atoms with van der Waals surface area (Å²) in [6, 6.07) is 3.77. The molecule has 0 aliphatic carbocycles. The van der Waals surface area contributed by atoms with Crippen LogP contribution in [0, 0.1) is 0 Å². The summed E-state index contributed by atoms with van der Waals surface area (Å²) >= 11 is 6.12. The van der Waals surface area contributed by atoms with E-state index in [0.29, 0.717) is 13.2 Å².